The van der Waals surface area contributed by atoms with Gasteiger partial charge in [-0.15, -0.1) is 0 Å². The Kier molecular flexibility index (Phi) is 4.31. The van der Waals surface area contributed by atoms with Crippen molar-refractivity contribution in [3.8, 4) is 5.75 Å². The fourth-order valence-corrected chi connectivity index (χ4v) is 1.79. The zero-order valence-electron chi connectivity index (χ0n) is 11.2. The van der Waals surface area contributed by atoms with Crippen molar-refractivity contribution in [2.75, 3.05) is 0 Å². The van der Waals surface area contributed by atoms with Gasteiger partial charge in [0.25, 0.3) is 5.69 Å². The van der Waals surface area contributed by atoms with Crippen LogP contribution in [0.5, 0.6) is 5.75 Å². The lowest BCUT2D eigenvalue weighted by Gasteiger charge is -2.09. The van der Waals surface area contributed by atoms with Gasteiger partial charge < -0.3 is 10.5 Å². The molecular weight excluding hydrogens is 260 g/mol. The average molecular weight is 276 g/mol. The van der Waals surface area contributed by atoms with E-state index in [0.717, 1.165) is 12.1 Å². The number of benzene rings is 1. The standard InChI is InChI=1S/C13H16N4O3/c1-2-16-8-10(7-15-16)9-20-13-4-3-12(17(18)19)5-11(13)6-14/h3-5,7-8H,2,6,9,14H2,1H3. The van der Waals surface area contributed by atoms with E-state index in [9.17, 15) is 10.1 Å². The summed E-state index contributed by atoms with van der Waals surface area (Å²) in [6.45, 7) is 3.34. The van der Waals surface area contributed by atoms with Crippen LogP contribution in [-0.4, -0.2) is 14.7 Å². The van der Waals surface area contributed by atoms with E-state index in [-0.39, 0.29) is 12.2 Å². The third-order valence-corrected chi connectivity index (χ3v) is 2.88. The van der Waals surface area contributed by atoms with Gasteiger partial charge in [-0.2, -0.15) is 5.10 Å². The SMILES string of the molecule is CCn1cc(COc2ccc([N+](=O)[O-])cc2CN)cn1. The normalized spacial score (nSPS) is 10.5. The Morgan fingerprint density at radius 3 is 2.90 bits per heavy atom. The van der Waals surface area contributed by atoms with E-state index in [4.69, 9.17) is 10.5 Å². The molecule has 20 heavy (non-hydrogen) atoms. The Morgan fingerprint density at radius 2 is 2.30 bits per heavy atom. The van der Waals surface area contributed by atoms with Crippen LogP contribution in [0.3, 0.4) is 0 Å². The van der Waals surface area contributed by atoms with Gasteiger partial charge in [-0.05, 0) is 13.0 Å². The van der Waals surface area contributed by atoms with Crippen molar-refractivity contribution in [1.82, 2.24) is 9.78 Å². The smallest absolute Gasteiger partial charge is 0.270 e. The Balaban J connectivity index is 2.10. The van der Waals surface area contributed by atoms with Crippen LogP contribution >= 0.6 is 0 Å². The summed E-state index contributed by atoms with van der Waals surface area (Å²) in [4.78, 5) is 10.3. The van der Waals surface area contributed by atoms with Crippen molar-refractivity contribution in [1.29, 1.82) is 0 Å². The largest absolute Gasteiger partial charge is 0.488 e. The molecule has 0 saturated carbocycles. The summed E-state index contributed by atoms with van der Waals surface area (Å²) in [7, 11) is 0. The number of non-ortho nitro benzene ring substituents is 1. The van der Waals surface area contributed by atoms with Gasteiger partial charge in [0.15, 0.2) is 0 Å². The lowest BCUT2D eigenvalue weighted by Crippen LogP contribution is -2.03. The molecular formula is C13H16N4O3. The van der Waals surface area contributed by atoms with E-state index in [1.165, 1.54) is 12.1 Å². The van der Waals surface area contributed by atoms with Crippen molar-refractivity contribution in [2.24, 2.45) is 5.73 Å². The lowest BCUT2D eigenvalue weighted by molar-refractivity contribution is -0.384. The minimum Gasteiger partial charge on any atom is -0.488 e. The lowest BCUT2D eigenvalue weighted by atomic mass is 10.2. The molecule has 0 atom stereocenters. The highest BCUT2D eigenvalue weighted by Gasteiger charge is 2.11. The summed E-state index contributed by atoms with van der Waals surface area (Å²) in [5.74, 6) is 0.558. The van der Waals surface area contributed by atoms with Gasteiger partial charge in [0.05, 0.1) is 11.1 Å². The molecule has 0 unspecified atom stereocenters. The zero-order valence-corrected chi connectivity index (χ0v) is 11.2. The summed E-state index contributed by atoms with van der Waals surface area (Å²) in [5.41, 5.74) is 7.16. The van der Waals surface area contributed by atoms with Crippen molar-refractivity contribution < 1.29 is 9.66 Å². The van der Waals surface area contributed by atoms with Crippen LogP contribution in [0.4, 0.5) is 5.69 Å². The van der Waals surface area contributed by atoms with E-state index < -0.39 is 4.92 Å². The van der Waals surface area contributed by atoms with Crippen LogP contribution in [0.25, 0.3) is 0 Å². The second-order valence-electron chi connectivity index (χ2n) is 4.25. The number of hydrogen-bond donors (Lipinski definition) is 1. The second-order valence-corrected chi connectivity index (χ2v) is 4.25. The molecule has 106 valence electrons. The Bertz CT molecular complexity index is 609. The molecule has 2 aromatic rings. The number of nitro benzene ring substituents is 1. The van der Waals surface area contributed by atoms with Gasteiger partial charge in [-0.1, -0.05) is 0 Å². The Hall–Kier alpha value is -2.41. The number of aromatic nitrogens is 2. The third kappa shape index (κ3) is 3.12. The molecule has 0 amide bonds. The van der Waals surface area contributed by atoms with Gasteiger partial charge in [-0.25, -0.2) is 0 Å². The molecule has 0 bridgehead atoms. The molecule has 2 N–H and O–H groups in total. The molecule has 0 fully saturated rings. The van der Waals surface area contributed by atoms with Crippen molar-refractivity contribution >= 4 is 5.69 Å². The molecule has 0 aliphatic carbocycles. The highest BCUT2D eigenvalue weighted by Crippen LogP contribution is 2.24. The maximum atomic E-state index is 10.7. The highest BCUT2D eigenvalue weighted by molar-refractivity contribution is 5.43. The molecule has 0 aliphatic heterocycles. The first kappa shape index (κ1) is 14.0. The zero-order chi connectivity index (χ0) is 14.5. The Morgan fingerprint density at radius 1 is 1.50 bits per heavy atom. The topological polar surface area (TPSA) is 96.2 Å². The molecule has 7 heteroatoms. The molecule has 0 spiro atoms. The fourth-order valence-electron chi connectivity index (χ4n) is 1.79. The second kappa shape index (κ2) is 6.16. The van der Waals surface area contributed by atoms with E-state index in [1.807, 2.05) is 13.1 Å². The van der Waals surface area contributed by atoms with Gasteiger partial charge in [-0.3, -0.25) is 14.8 Å². The maximum absolute atomic E-state index is 10.7. The van der Waals surface area contributed by atoms with Crippen LogP contribution in [0.1, 0.15) is 18.1 Å². The minimum atomic E-state index is -0.450. The van der Waals surface area contributed by atoms with Crippen LogP contribution < -0.4 is 10.5 Å². The number of nitrogens with zero attached hydrogens (tertiary/aromatic N) is 3. The monoisotopic (exact) mass is 276 g/mol. The molecule has 0 saturated heterocycles. The van der Waals surface area contributed by atoms with Gasteiger partial charge >= 0.3 is 0 Å². The quantitative estimate of drug-likeness (QED) is 0.641. The van der Waals surface area contributed by atoms with Crippen molar-refractivity contribution in [2.45, 2.75) is 26.6 Å². The molecule has 7 nitrogen and oxygen atoms in total. The van der Waals surface area contributed by atoms with Crippen LogP contribution in [0, 0.1) is 10.1 Å². The molecule has 0 radical (unpaired) electrons. The van der Waals surface area contributed by atoms with E-state index in [1.54, 1.807) is 16.9 Å². The van der Waals surface area contributed by atoms with E-state index in [2.05, 4.69) is 5.10 Å². The van der Waals surface area contributed by atoms with Gasteiger partial charge in [0, 0.05) is 42.5 Å². The number of rotatable bonds is 6. The first-order valence-corrected chi connectivity index (χ1v) is 6.25. The predicted octanol–water partition coefficient (Wildman–Crippen LogP) is 1.85. The average Bonchev–Trinajstić information content (AvgIpc) is 2.92. The first-order valence-electron chi connectivity index (χ1n) is 6.25. The minimum absolute atomic E-state index is 0.0107. The predicted molar refractivity (Wildman–Crippen MR) is 73.2 cm³/mol. The van der Waals surface area contributed by atoms with Crippen LogP contribution in [0.2, 0.25) is 0 Å². The summed E-state index contributed by atoms with van der Waals surface area (Å²) in [6, 6.07) is 4.42. The summed E-state index contributed by atoms with van der Waals surface area (Å²) in [6.07, 6.45) is 3.63. The molecule has 1 aromatic heterocycles. The Labute approximate surface area is 116 Å². The summed E-state index contributed by atoms with van der Waals surface area (Å²) >= 11 is 0. The summed E-state index contributed by atoms with van der Waals surface area (Å²) < 4.78 is 7.45. The van der Waals surface area contributed by atoms with E-state index in [0.29, 0.717) is 17.9 Å². The number of aryl methyl sites for hydroxylation is 1. The third-order valence-electron chi connectivity index (χ3n) is 2.88. The fraction of sp³-hybridized carbons (Fsp3) is 0.308. The van der Waals surface area contributed by atoms with Crippen molar-refractivity contribution in [3.05, 3.63) is 51.8 Å². The van der Waals surface area contributed by atoms with Crippen LogP contribution in [0.15, 0.2) is 30.6 Å². The summed E-state index contributed by atoms with van der Waals surface area (Å²) in [5, 5.41) is 14.9. The van der Waals surface area contributed by atoms with Crippen LogP contribution in [-0.2, 0) is 19.7 Å². The molecule has 0 aliphatic rings. The number of nitro groups is 1. The highest BCUT2D eigenvalue weighted by atomic mass is 16.6. The molecule has 2 rings (SSSR count). The van der Waals surface area contributed by atoms with E-state index >= 15 is 0 Å². The van der Waals surface area contributed by atoms with Gasteiger partial charge in [0.1, 0.15) is 12.4 Å². The number of nitrogens with two attached hydrogens (primary N) is 1. The molecule has 1 heterocycles. The van der Waals surface area contributed by atoms with Crippen molar-refractivity contribution in [3.63, 3.8) is 0 Å². The maximum Gasteiger partial charge on any atom is 0.270 e. The number of hydrogen-bond acceptors (Lipinski definition) is 5. The number of ether oxygens (including phenoxy) is 1. The first-order chi connectivity index (χ1) is 9.63. The molecule has 1 aromatic carbocycles. The van der Waals surface area contributed by atoms with Gasteiger partial charge in [0.2, 0.25) is 0 Å².